The highest BCUT2D eigenvalue weighted by atomic mass is 16.6. The van der Waals surface area contributed by atoms with E-state index in [2.05, 4.69) is 10.6 Å². The van der Waals surface area contributed by atoms with E-state index < -0.39 is 17.2 Å². The summed E-state index contributed by atoms with van der Waals surface area (Å²) in [5.41, 5.74) is -1.36. The van der Waals surface area contributed by atoms with Gasteiger partial charge in [-0.2, -0.15) is 0 Å². The van der Waals surface area contributed by atoms with Crippen LogP contribution >= 0.6 is 0 Å². The summed E-state index contributed by atoms with van der Waals surface area (Å²) >= 11 is 0. The highest BCUT2D eigenvalue weighted by Crippen LogP contribution is 2.22. The van der Waals surface area contributed by atoms with Crippen molar-refractivity contribution in [2.24, 2.45) is 0 Å². The van der Waals surface area contributed by atoms with Crippen LogP contribution in [0.5, 0.6) is 0 Å². The van der Waals surface area contributed by atoms with Crippen LogP contribution in [-0.2, 0) is 9.53 Å². The molecule has 1 atom stereocenters. The fourth-order valence-electron chi connectivity index (χ4n) is 1.92. The Hall–Kier alpha value is -1.26. The summed E-state index contributed by atoms with van der Waals surface area (Å²) in [5, 5.41) is 5.50. The largest absolute Gasteiger partial charge is 0.444 e. The standard InChI is InChI=1S/C12H22N2O3/c1-5-12(7-6-8-13-9(12)15)14-10(16)17-11(2,3)4/h5-8H2,1-4H3,(H,13,15)(H,14,16)/t12-/m0/s1. The fraction of sp³-hybridized carbons (Fsp3) is 0.833. The van der Waals surface area contributed by atoms with Crippen molar-refractivity contribution in [3.05, 3.63) is 0 Å². The SMILES string of the molecule is CC[C@]1(NC(=O)OC(C)(C)C)CCCNC1=O. The summed E-state index contributed by atoms with van der Waals surface area (Å²) in [6.45, 7) is 7.96. The van der Waals surface area contributed by atoms with Gasteiger partial charge in [-0.05, 0) is 40.0 Å². The number of hydrogen-bond donors (Lipinski definition) is 2. The lowest BCUT2D eigenvalue weighted by Gasteiger charge is -2.36. The number of rotatable bonds is 2. The van der Waals surface area contributed by atoms with Crippen molar-refractivity contribution in [3.8, 4) is 0 Å². The zero-order chi connectivity index (χ0) is 13.1. The Bertz CT molecular complexity index is 309. The van der Waals surface area contributed by atoms with Gasteiger partial charge in [0.05, 0.1) is 0 Å². The van der Waals surface area contributed by atoms with E-state index in [1.807, 2.05) is 6.92 Å². The number of carbonyl (C=O) groups is 2. The summed E-state index contributed by atoms with van der Waals surface area (Å²) in [5.74, 6) is -0.114. The fourth-order valence-corrected chi connectivity index (χ4v) is 1.92. The number of carbonyl (C=O) groups excluding carboxylic acids is 2. The molecule has 0 radical (unpaired) electrons. The molecule has 0 spiro atoms. The average Bonchev–Trinajstić information content (AvgIpc) is 2.19. The summed E-state index contributed by atoms with van der Waals surface area (Å²) in [7, 11) is 0. The van der Waals surface area contributed by atoms with E-state index in [1.54, 1.807) is 20.8 Å². The third-order valence-corrected chi connectivity index (χ3v) is 2.84. The molecule has 17 heavy (non-hydrogen) atoms. The molecule has 98 valence electrons. The first-order valence-electron chi connectivity index (χ1n) is 6.08. The van der Waals surface area contributed by atoms with E-state index in [9.17, 15) is 9.59 Å². The van der Waals surface area contributed by atoms with E-state index in [1.165, 1.54) is 0 Å². The molecule has 2 N–H and O–H groups in total. The van der Waals surface area contributed by atoms with Crippen molar-refractivity contribution in [1.29, 1.82) is 0 Å². The van der Waals surface area contributed by atoms with E-state index in [4.69, 9.17) is 4.74 Å². The summed E-state index contributed by atoms with van der Waals surface area (Å²) < 4.78 is 5.19. The van der Waals surface area contributed by atoms with Gasteiger partial charge in [-0.25, -0.2) is 4.79 Å². The molecule has 5 heteroatoms. The molecule has 0 aromatic carbocycles. The van der Waals surface area contributed by atoms with Crippen LogP contribution in [0.15, 0.2) is 0 Å². The maximum Gasteiger partial charge on any atom is 0.408 e. The van der Waals surface area contributed by atoms with Crippen LogP contribution in [0, 0.1) is 0 Å². The van der Waals surface area contributed by atoms with Gasteiger partial charge in [0, 0.05) is 6.54 Å². The summed E-state index contributed by atoms with van der Waals surface area (Å²) in [4.78, 5) is 23.6. The second kappa shape index (κ2) is 4.94. The molecular weight excluding hydrogens is 220 g/mol. The predicted octanol–water partition coefficient (Wildman–Crippen LogP) is 1.57. The molecule has 1 aliphatic heterocycles. The van der Waals surface area contributed by atoms with Crippen LogP contribution in [-0.4, -0.2) is 29.7 Å². The summed E-state index contributed by atoms with van der Waals surface area (Å²) in [6, 6.07) is 0. The molecule has 0 aromatic rings. The molecular formula is C12H22N2O3. The molecule has 1 saturated heterocycles. The lowest BCUT2D eigenvalue weighted by atomic mass is 9.87. The highest BCUT2D eigenvalue weighted by Gasteiger charge is 2.40. The monoisotopic (exact) mass is 242 g/mol. The molecule has 0 aliphatic carbocycles. The van der Waals surface area contributed by atoms with Crippen LogP contribution < -0.4 is 10.6 Å². The minimum absolute atomic E-state index is 0.114. The number of piperidine rings is 1. The number of alkyl carbamates (subject to hydrolysis) is 1. The van der Waals surface area contributed by atoms with Crippen LogP contribution in [0.2, 0.25) is 0 Å². The molecule has 1 fully saturated rings. The quantitative estimate of drug-likeness (QED) is 0.772. The summed E-state index contributed by atoms with van der Waals surface area (Å²) in [6.07, 6.45) is 1.57. The Kier molecular flexibility index (Phi) is 4.01. The van der Waals surface area contributed by atoms with Crippen molar-refractivity contribution in [1.82, 2.24) is 10.6 Å². The van der Waals surface area contributed by atoms with Crippen molar-refractivity contribution in [2.75, 3.05) is 6.54 Å². The van der Waals surface area contributed by atoms with E-state index in [-0.39, 0.29) is 5.91 Å². The van der Waals surface area contributed by atoms with Gasteiger partial charge in [-0.1, -0.05) is 6.92 Å². The Morgan fingerprint density at radius 3 is 2.65 bits per heavy atom. The molecule has 0 aromatic heterocycles. The van der Waals surface area contributed by atoms with E-state index in [0.717, 1.165) is 6.42 Å². The van der Waals surface area contributed by atoms with Gasteiger partial charge in [0.25, 0.3) is 0 Å². The Labute approximate surface area is 102 Å². The number of ether oxygens (including phenoxy) is 1. The molecule has 1 rings (SSSR count). The molecule has 1 aliphatic rings. The second-order valence-corrected chi connectivity index (χ2v) is 5.42. The average molecular weight is 242 g/mol. The van der Waals surface area contributed by atoms with Crippen molar-refractivity contribution in [2.45, 2.75) is 58.1 Å². The molecule has 0 bridgehead atoms. The van der Waals surface area contributed by atoms with Gasteiger partial charge in [0.2, 0.25) is 5.91 Å². The number of nitrogens with one attached hydrogen (secondary N) is 2. The second-order valence-electron chi connectivity index (χ2n) is 5.42. The Morgan fingerprint density at radius 2 is 2.18 bits per heavy atom. The third kappa shape index (κ3) is 3.61. The first kappa shape index (κ1) is 13.8. The normalized spacial score (nSPS) is 25.1. The molecule has 0 saturated carbocycles. The molecule has 2 amide bonds. The smallest absolute Gasteiger partial charge is 0.408 e. The van der Waals surface area contributed by atoms with Crippen molar-refractivity contribution in [3.63, 3.8) is 0 Å². The van der Waals surface area contributed by atoms with E-state index in [0.29, 0.717) is 19.4 Å². The topological polar surface area (TPSA) is 67.4 Å². The number of hydrogen-bond acceptors (Lipinski definition) is 3. The van der Waals surface area contributed by atoms with Crippen LogP contribution in [0.4, 0.5) is 4.79 Å². The van der Waals surface area contributed by atoms with Gasteiger partial charge < -0.3 is 15.4 Å². The van der Waals surface area contributed by atoms with E-state index >= 15 is 0 Å². The van der Waals surface area contributed by atoms with Crippen molar-refractivity contribution >= 4 is 12.0 Å². The maximum absolute atomic E-state index is 11.9. The zero-order valence-corrected chi connectivity index (χ0v) is 11.1. The van der Waals surface area contributed by atoms with Crippen molar-refractivity contribution < 1.29 is 14.3 Å². The van der Waals surface area contributed by atoms with Crippen LogP contribution in [0.3, 0.4) is 0 Å². The minimum atomic E-state index is -0.805. The van der Waals surface area contributed by atoms with Crippen LogP contribution in [0.25, 0.3) is 0 Å². The first-order valence-corrected chi connectivity index (χ1v) is 6.08. The van der Waals surface area contributed by atoms with Gasteiger partial charge >= 0.3 is 6.09 Å². The molecule has 0 unspecified atom stereocenters. The van der Waals surface area contributed by atoms with Crippen LogP contribution in [0.1, 0.15) is 47.0 Å². The van der Waals surface area contributed by atoms with Gasteiger partial charge in [-0.3, -0.25) is 4.79 Å². The minimum Gasteiger partial charge on any atom is -0.444 e. The lowest BCUT2D eigenvalue weighted by molar-refractivity contribution is -0.129. The lowest BCUT2D eigenvalue weighted by Crippen LogP contribution is -2.61. The number of amides is 2. The first-order chi connectivity index (χ1) is 7.79. The molecule has 5 nitrogen and oxygen atoms in total. The maximum atomic E-state index is 11.9. The highest BCUT2D eigenvalue weighted by molar-refractivity contribution is 5.90. The third-order valence-electron chi connectivity index (χ3n) is 2.84. The molecule has 1 heterocycles. The zero-order valence-electron chi connectivity index (χ0n) is 11.1. The van der Waals surface area contributed by atoms with Gasteiger partial charge in [0.1, 0.15) is 11.1 Å². The predicted molar refractivity (Wildman–Crippen MR) is 64.6 cm³/mol. The van der Waals surface area contributed by atoms with Gasteiger partial charge in [-0.15, -0.1) is 0 Å². The Balaban J connectivity index is 2.68. The Morgan fingerprint density at radius 1 is 1.53 bits per heavy atom. The van der Waals surface area contributed by atoms with Gasteiger partial charge in [0.15, 0.2) is 0 Å².